The first kappa shape index (κ1) is 10.3. The van der Waals surface area contributed by atoms with Crippen LogP contribution in [0.1, 0.15) is 5.56 Å². The molecule has 0 atom stereocenters. The van der Waals surface area contributed by atoms with Gasteiger partial charge < -0.3 is 5.11 Å². The van der Waals surface area contributed by atoms with Crippen LogP contribution in [-0.4, -0.2) is 16.6 Å². The summed E-state index contributed by atoms with van der Waals surface area (Å²) in [5, 5.41) is 18.8. The number of nitrogens with zero attached hydrogens (tertiary/aromatic N) is 1. The second kappa shape index (κ2) is 4.48. The zero-order valence-corrected chi connectivity index (χ0v) is 7.18. The van der Waals surface area contributed by atoms with E-state index in [1.54, 1.807) is 0 Å². The van der Waals surface area contributed by atoms with Gasteiger partial charge in [-0.1, -0.05) is 24.3 Å². The Kier molecular flexibility index (Phi) is 3.30. The fourth-order valence-electron chi connectivity index (χ4n) is 0.987. The van der Waals surface area contributed by atoms with Crippen molar-refractivity contribution in [2.24, 2.45) is 0 Å². The van der Waals surface area contributed by atoms with Crippen molar-refractivity contribution in [3.05, 3.63) is 45.8 Å². The van der Waals surface area contributed by atoms with Crippen molar-refractivity contribution in [1.82, 2.24) is 0 Å². The van der Waals surface area contributed by atoms with Crippen LogP contribution < -0.4 is 0 Å². The molecule has 0 spiro atoms. The van der Waals surface area contributed by atoms with Crippen molar-refractivity contribution < 1.29 is 14.4 Å². The number of hydrogen-bond donors (Lipinski definition) is 1. The van der Waals surface area contributed by atoms with Gasteiger partial charge in [0.25, 0.3) is 0 Å². The standard InChI is InChI=1S/C9H8FNO3/c10-9-7(4-2-6-12)3-1-5-8(9)11(13)14/h1-5,12H,6H2. The van der Waals surface area contributed by atoms with Crippen LogP contribution in [0.3, 0.4) is 0 Å². The molecular formula is C9H8FNO3. The smallest absolute Gasteiger partial charge is 0.305 e. The van der Waals surface area contributed by atoms with Crippen molar-refractivity contribution in [3.8, 4) is 0 Å². The van der Waals surface area contributed by atoms with E-state index in [9.17, 15) is 14.5 Å². The van der Waals surface area contributed by atoms with Gasteiger partial charge in [-0.15, -0.1) is 0 Å². The fourth-order valence-corrected chi connectivity index (χ4v) is 0.987. The minimum atomic E-state index is -0.887. The summed E-state index contributed by atoms with van der Waals surface area (Å²) in [7, 11) is 0. The molecule has 0 heterocycles. The van der Waals surface area contributed by atoms with E-state index in [2.05, 4.69) is 0 Å². The van der Waals surface area contributed by atoms with E-state index in [1.807, 2.05) is 0 Å². The number of rotatable bonds is 3. The monoisotopic (exact) mass is 197 g/mol. The van der Waals surface area contributed by atoms with Gasteiger partial charge in [-0.25, -0.2) is 0 Å². The van der Waals surface area contributed by atoms with Gasteiger partial charge in [0.2, 0.25) is 5.82 Å². The molecule has 0 amide bonds. The lowest BCUT2D eigenvalue weighted by Gasteiger charge is -1.97. The van der Waals surface area contributed by atoms with Crippen LogP contribution in [0.25, 0.3) is 6.08 Å². The number of nitro groups is 1. The molecule has 1 N–H and O–H groups in total. The molecular weight excluding hydrogens is 189 g/mol. The summed E-state index contributed by atoms with van der Waals surface area (Å²) < 4.78 is 13.3. The summed E-state index contributed by atoms with van der Waals surface area (Å²) >= 11 is 0. The predicted octanol–water partition coefficient (Wildman–Crippen LogP) is 1.74. The van der Waals surface area contributed by atoms with Gasteiger partial charge in [0, 0.05) is 11.6 Å². The van der Waals surface area contributed by atoms with Crippen molar-refractivity contribution in [2.75, 3.05) is 6.61 Å². The average Bonchev–Trinajstić information content (AvgIpc) is 2.16. The Morgan fingerprint density at radius 3 is 2.86 bits per heavy atom. The van der Waals surface area contributed by atoms with E-state index in [-0.39, 0.29) is 12.2 Å². The van der Waals surface area contributed by atoms with Gasteiger partial charge in [-0.05, 0) is 0 Å². The lowest BCUT2D eigenvalue weighted by molar-refractivity contribution is -0.387. The molecule has 1 aromatic carbocycles. The van der Waals surface area contributed by atoms with Gasteiger partial charge in [-0.2, -0.15) is 4.39 Å². The normalized spacial score (nSPS) is 10.7. The van der Waals surface area contributed by atoms with E-state index in [0.29, 0.717) is 0 Å². The Hall–Kier alpha value is -1.75. The van der Waals surface area contributed by atoms with Gasteiger partial charge >= 0.3 is 5.69 Å². The highest BCUT2D eigenvalue weighted by Gasteiger charge is 2.15. The number of aliphatic hydroxyl groups excluding tert-OH is 1. The van der Waals surface area contributed by atoms with E-state index in [4.69, 9.17) is 5.11 Å². The molecule has 0 radical (unpaired) electrons. The molecule has 0 aliphatic heterocycles. The highest BCUT2D eigenvalue weighted by Crippen LogP contribution is 2.20. The minimum absolute atomic E-state index is 0.0910. The number of nitro benzene ring substituents is 1. The Balaban J connectivity index is 3.14. The number of halogens is 1. The van der Waals surface area contributed by atoms with E-state index in [0.717, 1.165) is 6.07 Å². The van der Waals surface area contributed by atoms with Crippen molar-refractivity contribution in [2.45, 2.75) is 0 Å². The molecule has 0 fully saturated rings. The Bertz CT molecular complexity index is 376. The summed E-state index contributed by atoms with van der Waals surface area (Å²) in [4.78, 5) is 9.55. The average molecular weight is 197 g/mol. The lowest BCUT2D eigenvalue weighted by atomic mass is 10.1. The molecule has 0 saturated carbocycles. The van der Waals surface area contributed by atoms with E-state index < -0.39 is 16.4 Å². The highest BCUT2D eigenvalue weighted by molar-refractivity contribution is 5.54. The molecule has 0 aromatic heterocycles. The number of aliphatic hydroxyl groups is 1. The summed E-state index contributed by atoms with van der Waals surface area (Å²) in [5.41, 5.74) is -0.474. The van der Waals surface area contributed by atoms with Crippen molar-refractivity contribution in [1.29, 1.82) is 0 Å². The molecule has 0 unspecified atom stereocenters. The molecule has 14 heavy (non-hydrogen) atoms. The second-order valence-corrected chi connectivity index (χ2v) is 2.52. The molecule has 1 rings (SSSR count). The summed E-state index contributed by atoms with van der Waals surface area (Å²) in [6.45, 7) is -0.234. The summed E-state index contributed by atoms with van der Waals surface area (Å²) in [5.74, 6) is -0.887. The molecule has 0 saturated heterocycles. The number of hydrogen-bond acceptors (Lipinski definition) is 3. The van der Waals surface area contributed by atoms with Crippen LogP contribution in [0, 0.1) is 15.9 Å². The van der Waals surface area contributed by atoms with Crippen LogP contribution in [0.5, 0.6) is 0 Å². The van der Waals surface area contributed by atoms with E-state index in [1.165, 1.54) is 24.3 Å². The van der Waals surface area contributed by atoms with Crippen molar-refractivity contribution in [3.63, 3.8) is 0 Å². The predicted molar refractivity (Wildman–Crippen MR) is 49.2 cm³/mol. The molecule has 0 bridgehead atoms. The third kappa shape index (κ3) is 2.14. The molecule has 74 valence electrons. The van der Waals surface area contributed by atoms with Crippen LogP contribution in [0.4, 0.5) is 10.1 Å². The fraction of sp³-hybridized carbons (Fsp3) is 0.111. The maximum Gasteiger partial charge on any atom is 0.305 e. The maximum atomic E-state index is 13.3. The highest BCUT2D eigenvalue weighted by atomic mass is 19.1. The van der Waals surface area contributed by atoms with Gasteiger partial charge in [0.15, 0.2) is 0 Å². The first-order chi connectivity index (χ1) is 6.66. The van der Waals surface area contributed by atoms with Gasteiger partial charge in [-0.3, -0.25) is 10.1 Å². The van der Waals surface area contributed by atoms with Crippen LogP contribution in [0.15, 0.2) is 24.3 Å². The second-order valence-electron chi connectivity index (χ2n) is 2.52. The quantitative estimate of drug-likeness (QED) is 0.592. The Morgan fingerprint density at radius 1 is 1.57 bits per heavy atom. The summed E-state index contributed by atoms with van der Waals surface area (Å²) in [6, 6.07) is 3.87. The number of benzene rings is 1. The molecule has 0 aliphatic rings. The molecule has 5 heteroatoms. The van der Waals surface area contributed by atoms with Gasteiger partial charge in [0.1, 0.15) is 0 Å². The van der Waals surface area contributed by atoms with Crippen LogP contribution >= 0.6 is 0 Å². The first-order valence-corrected chi connectivity index (χ1v) is 3.87. The third-order valence-electron chi connectivity index (χ3n) is 1.61. The van der Waals surface area contributed by atoms with Crippen molar-refractivity contribution >= 4 is 11.8 Å². The van der Waals surface area contributed by atoms with Crippen LogP contribution in [0.2, 0.25) is 0 Å². The Labute approximate surface area is 79.4 Å². The van der Waals surface area contributed by atoms with Crippen LogP contribution in [-0.2, 0) is 0 Å². The lowest BCUT2D eigenvalue weighted by Crippen LogP contribution is -1.94. The topological polar surface area (TPSA) is 63.4 Å². The minimum Gasteiger partial charge on any atom is -0.392 e. The largest absolute Gasteiger partial charge is 0.392 e. The van der Waals surface area contributed by atoms with Gasteiger partial charge in [0.05, 0.1) is 11.5 Å². The third-order valence-corrected chi connectivity index (χ3v) is 1.61. The SMILES string of the molecule is O=[N+]([O-])c1cccc(C=CCO)c1F. The molecule has 1 aromatic rings. The molecule has 0 aliphatic carbocycles. The first-order valence-electron chi connectivity index (χ1n) is 3.87. The summed E-state index contributed by atoms with van der Waals surface area (Å²) in [6.07, 6.45) is 2.60. The Morgan fingerprint density at radius 2 is 2.29 bits per heavy atom. The van der Waals surface area contributed by atoms with E-state index >= 15 is 0 Å². The molecule has 4 nitrogen and oxygen atoms in total. The maximum absolute atomic E-state index is 13.3. The zero-order valence-electron chi connectivity index (χ0n) is 7.18. The zero-order chi connectivity index (χ0) is 10.6.